The van der Waals surface area contributed by atoms with Crippen molar-refractivity contribution in [2.75, 3.05) is 19.7 Å². The van der Waals surface area contributed by atoms with Crippen LogP contribution in [0.4, 0.5) is 4.39 Å². The topological polar surface area (TPSA) is 49.2 Å². The quantitative estimate of drug-likeness (QED) is 0.660. The van der Waals surface area contributed by atoms with Crippen LogP contribution in [0.5, 0.6) is 0 Å². The smallest absolute Gasteiger partial charge is 0.159 e. The first-order valence-corrected chi connectivity index (χ1v) is 10.5. The first kappa shape index (κ1) is 20.6. The summed E-state index contributed by atoms with van der Waals surface area (Å²) in [5, 5.41) is 10.2. The van der Waals surface area contributed by atoms with E-state index in [1.54, 1.807) is 0 Å². The molecule has 1 aromatic heterocycles. The van der Waals surface area contributed by atoms with Crippen LogP contribution in [0.1, 0.15) is 29.5 Å². The van der Waals surface area contributed by atoms with E-state index in [4.69, 9.17) is 0 Å². The zero-order valence-corrected chi connectivity index (χ0v) is 17.4. The van der Waals surface area contributed by atoms with E-state index in [-0.39, 0.29) is 17.8 Å². The molecule has 0 amide bonds. The van der Waals surface area contributed by atoms with Gasteiger partial charge in [-0.2, -0.15) is 0 Å². The number of aryl methyl sites for hydroxylation is 1. The molecule has 5 heteroatoms. The highest BCUT2D eigenvalue weighted by Crippen LogP contribution is 2.34. The number of aromatic nitrogens is 2. The van der Waals surface area contributed by atoms with E-state index in [1.165, 1.54) is 17.7 Å². The van der Waals surface area contributed by atoms with Crippen molar-refractivity contribution in [2.24, 2.45) is 5.41 Å². The number of benzene rings is 2. The lowest BCUT2D eigenvalue weighted by Crippen LogP contribution is -2.46. The highest BCUT2D eigenvalue weighted by Gasteiger charge is 2.35. The molecule has 1 aliphatic heterocycles. The third kappa shape index (κ3) is 4.91. The minimum Gasteiger partial charge on any atom is -0.396 e. The van der Waals surface area contributed by atoms with Crippen LogP contribution in [0.15, 0.2) is 60.9 Å². The summed E-state index contributed by atoms with van der Waals surface area (Å²) in [7, 11) is 0. The van der Waals surface area contributed by atoms with E-state index in [1.807, 2.05) is 36.7 Å². The van der Waals surface area contributed by atoms with Gasteiger partial charge < -0.3 is 5.11 Å². The number of likely N-dealkylation sites (tertiary alicyclic amines) is 1. The Hall–Kier alpha value is -2.63. The molecule has 0 radical (unpaired) electrons. The molecule has 156 valence electrons. The van der Waals surface area contributed by atoms with E-state index < -0.39 is 0 Å². The Morgan fingerprint density at radius 2 is 1.83 bits per heavy atom. The number of nitrogens with zero attached hydrogens (tertiary/aromatic N) is 3. The molecule has 1 aliphatic rings. The van der Waals surface area contributed by atoms with Gasteiger partial charge in [-0.15, -0.1) is 0 Å². The lowest BCUT2D eigenvalue weighted by molar-refractivity contribution is 0.0287. The van der Waals surface area contributed by atoms with Crippen LogP contribution in [-0.2, 0) is 13.0 Å². The maximum Gasteiger partial charge on any atom is 0.159 e. The van der Waals surface area contributed by atoms with Gasteiger partial charge in [0.1, 0.15) is 5.82 Å². The van der Waals surface area contributed by atoms with E-state index in [2.05, 4.69) is 33.9 Å². The number of halogens is 1. The zero-order valence-electron chi connectivity index (χ0n) is 17.4. The molecule has 2 aromatic carbocycles. The average Bonchev–Trinajstić information content (AvgIpc) is 2.76. The van der Waals surface area contributed by atoms with Crippen LogP contribution in [0.2, 0.25) is 0 Å². The summed E-state index contributed by atoms with van der Waals surface area (Å²) in [6.07, 6.45) is 6.56. The van der Waals surface area contributed by atoms with Gasteiger partial charge in [0.25, 0.3) is 0 Å². The number of aliphatic hydroxyl groups excluding tert-OH is 1. The van der Waals surface area contributed by atoms with Crippen molar-refractivity contribution < 1.29 is 9.50 Å². The largest absolute Gasteiger partial charge is 0.396 e. The molecule has 0 aliphatic carbocycles. The summed E-state index contributed by atoms with van der Waals surface area (Å²) in [5.41, 5.74) is 4.16. The third-order valence-electron chi connectivity index (χ3n) is 5.96. The lowest BCUT2D eigenvalue weighted by Gasteiger charge is -2.42. The van der Waals surface area contributed by atoms with Gasteiger partial charge in [-0.3, -0.25) is 4.90 Å². The Morgan fingerprint density at radius 3 is 2.53 bits per heavy atom. The molecule has 3 aromatic rings. The van der Waals surface area contributed by atoms with Crippen LogP contribution in [-0.4, -0.2) is 39.7 Å². The molecule has 1 fully saturated rings. The van der Waals surface area contributed by atoms with Crippen molar-refractivity contribution in [3.8, 4) is 11.4 Å². The fourth-order valence-corrected chi connectivity index (χ4v) is 4.44. The molecule has 0 saturated carbocycles. The second-order valence-electron chi connectivity index (χ2n) is 8.56. The van der Waals surface area contributed by atoms with E-state index in [0.717, 1.165) is 61.4 Å². The van der Waals surface area contributed by atoms with Crippen LogP contribution >= 0.6 is 0 Å². The van der Waals surface area contributed by atoms with Crippen LogP contribution in [0.3, 0.4) is 0 Å². The van der Waals surface area contributed by atoms with E-state index >= 15 is 0 Å². The fourth-order valence-electron chi connectivity index (χ4n) is 4.44. The maximum absolute atomic E-state index is 13.2. The lowest BCUT2D eigenvalue weighted by atomic mass is 9.75. The SMILES string of the molecule is Cc1cccc(-c2ncc(CN3CCC[C@@](CO)(Cc4ccc(F)cc4)C3)cn2)c1. The van der Waals surface area contributed by atoms with Crippen molar-refractivity contribution in [1.29, 1.82) is 0 Å². The molecule has 0 spiro atoms. The predicted octanol–water partition coefficient (Wildman–Crippen LogP) is 4.41. The van der Waals surface area contributed by atoms with Crippen LogP contribution in [0.25, 0.3) is 11.4 Å². The standard InChI is InChI=1S/C25H28FN3O/c1-19-4-2-5-22(12-19)24-27-14-21(15-28-24)16-29-11-3-10-25(17-29,18-30)13-20-6-8-23(26)9-7-20/h2,4-9,12,14-15,30H,3,10-11,13,16-18H2,1H3/t25-/m1/s1. The Kier molecular flexibility index (Phi) is 6.21. The summed E-state index contributed by atoms with van der Waals surface area (Å²) in [5.74, 6) is 0.512. The highest BCUT2D eigenvalue weighted by molar-refractivity contribution is 5.55. The van der Waals surface area contributed by atoms with Crippen molar-refractivity contribution in [1.82, 2.24) is 14.9 Å². The minimum absolute atomic E-state index is 0.129. The second-order valence-corrected chi connectivity index (χ2v) is 8.56. The minimum atomic E-state index is -0.226. The number of rotatable bonds is 6. The van der Waals surface area contributed by atoms with Crippen LogP contribution < -0.4 is 0 Å². The molecule has 0 unspecified atom stereocenters. The van der Waals surface area contributed by atoms with Crippen molar-refractivity contribution in [3.05, 3.63) is 83.4 Å². The van der Waals surface area contributed by atoms with Gasteiger partial charge in [0.2, 0.25) is 0 Å². The Bertz CT molecular complexity index is 974. The molecule has 1 saturated heterocycles. The summed E-state index contributed by atoms with van der Waals surface area (Å²) in [6.45, 7) is 4.75. The second kappa shape index (κ2) is 9.02. The van der Waals surface area contributed by atoms with Crippen molar-refractivity contribution in [3.63, 3.8) is 0 Å². The monoisotopic (exact) mass is 405 g/mol. The number of piperidine rings is 1. The van der Waals surface area contributed by atoms with E-state index in [0.29, 0.717) is 0 Å². The molecule has 4 nitrogen and oxygen atoms in total. The molecular formula is C25H28FN3O. The summed E-state index contributed by atoms with van der Waals surface area (Å²) >= 11 is 0. The number of aliphatic hydroxyl groups is 1. The molecule has 1 atom stereocenters. The Labute approximate surface area is 177 Å². The van der Waals surface area contributed by atoms with Crippen molar-refractivity contribution in [2.45, 2.75) is 32.7 Å². The molecular weight excluding hydrogens is 377 g/mol. The Morgan fingerprint density at radius 1 is 1.07 bits per heavy atom. The van der Waals surface area contributed by atoms with Gasteiger partial charge in [-0.1, -0.05) is 35.9 Å². The van der Waals surface area contributed by atoms with Gasteiger partial charge in [0.05, 0.1) is 6.61 Å². The van der Waals surface area contributed by atoms with Crippen LogP contribution in [0, 0.1) is 18.2 Å². The summed E-state index contributed by atoms with van der Waals surface area (Å²) in [6, 6.07) is 14.8. The summed E-state index contributed by atoms with van der Waals surface area (Å²) in [4.78, 5) is 11.5. The maximum atomic E-state index is 13.2. The predicted molar refractivity (Wildman–Crippen MR) is 116 cm³/mol. The van der Waals surface area contributed by atoms with E-state index in [9.17, 15) is 9.50 Å². The molecule has 2 heterocycles. The van der Waals surface area contributed by atoms with Gasteiger partial charge in [-0.05, 0) is 56.5 Å². The third-order valence-corrected chi connectivity index (χ3v) is 5.96. The summed E-state index contributed by atoms with van der Waals surface area (Å²) < 4.78 is 13.2. The fraction of sp³-hybridized carbons (Fsp3) is 0.360. The highest BCUT2D eigenvalue weighted by atomic mass is 19.1. The van der Waals surface area contributed by atoms with Gasteiger partial charge >= 0.3 is 0 Å². The number of hydrogen-bond acceptors (Lipinski definition) is 4. The molecule has 4 rings (SSSR count). The molecule has 1 N–H and O–H groups in total. The molecule has 0 bridgehead atoms. The van der Waals surface area contributed by atoms with Gasteiger partial charge in [0, 0.05) is 42.0 Å². The zero-order chi connectivity index (χ0) is 21.0. The number of hydrogen-bond donors (Lipinski definition) is 1. The normalized spacial score (nSPS) is 19.7. The van der Waals surface area contributed by atoms with Gasteiger partial charge in [-0.25, -0.2) is 14.4 Å². The Balaban J connectivity index is 1.43. The van der Waals surface area contributed by atoms with Gasteiger partial charge in [0.15, 0.2) is 5.82 Å². The average molecular weight is 406 g/mol. The molecule has 30 heavy (non-hydrogen) atoms. The first-order chi connectivity index (χ1) is 14.5. The van der Waals surface area contributed by atoms with Crippen molar-refractivity contribution >= 4 is 0 Å². The first-order valence-electron chi connectivity index (χ1n) is 10.5.